The highest BCUT2D eigenvalue weighted by Gasteiger charge is 2.38. The first-order chi connectivity index (χ1) is 9.74. The summed E-state index contributed by atoms with van der Waals surface area (Å²) in [5.41, 5.74) is 6.87. The van der Waals surface area contributed by atoms with Gasteiger partial charge in [0.2, 0.25) is 0 Å². The van der Waals surface area contributed by atoms with Crippen molar-refractivity contribution in [1.82, 2.24) is 4.90 Å². The zero-order chi connectivity index (χ0) is 13.7. The van der Waals surface area contributed by atoms with Gasteiger partial charge < -0.3 is 10.6 Å². The number of hydrogen-bond acceptors (Lipinski definition) is 3. The Morgan fingerprint density at radius 1 is 1.25 bits per heavy atom. The molecule has 2 saturated carbocycles. The molecule has 2 aromatic rings. The van der Waals surface area contributed by atoms with Gasteiger partial charge >= 0.3 is 0 Å². The van der Waals surface area contributed by atoms with Crippen molar-refractivity contribution >= 4 is 33.0 Å². The molecule has 20 heavy (non-hydrogen) atoms. The third-order valence-corrected chi connectivity index (χ3v) is 5.40. The minimum Gasteiger partial charge on any atom is -0.397 e. The van der Waals surface area contributed by atoms with Gasteiger partial charge in [-0.25, -0.2) is 0 Å². The van der Waals surface area contributed by atoms with Gasteiger partial charge in [0.1, 0.15) is 4.88 Å². The van der Waals surface area contributed by atoms with Crippen molar-refractivity contribution in [3.63, 3.8) is 0 Å². The molecular weight excluding hydrogens is 268 g/mol. The van der Waals surface area contributed by atoms with Gasteiger partial charge in [-0.15, -0.1) is 11.3 Å². The molecular formula is C16H18N2OS. The molecule has 1 aromatic carbocycles. The van der Waals surface area contributed by atoms with Crippen LogP contribution < -0.4 is 5.73 Å². The molecule has 2 N–H and O–H groups in total. The summed E-state index contributed by atoms with van der Waals surface area (Å²) in [6.45, 7) is 0.928. The quantitative estimate of drug-likeness (QED) is 0.935. The molecule has 0 radical (unpaired) electrons. The van der Waals surface area contributed by atoms with Crippen LogP contribution in [0, 0.1) is 5.92 Å². The molecule has 0 bridgehead atoms. The van der Waals surface area contributed by atoms with Gasteiger partial charge in [-0.1, -0.05) is 18.2 Å². The summed E-state index contributed by atoms with van der Waals surface area (Å²) in [5, 5.41) is 1.02. The number of nitrogens with two attached hydrogens (primary N) is 1. The molecule has 1 amide bonds. The van der Waals surface area contributed by atoms with Crippen LogP contribution >= 0.6 is 11.3 Å². The Bertz CT molecular complexity index is 670. The Labute approximate surface area is 122 Å². The van der Waals surface area contributed by atoms with Crippen molar-refractivity contribution in [3.8, 4) is 0 Å². The lowest BCUT2D eigenvalue weighted by Gasteiger charge is -2.21. The molecule has 0 spiro atoms. The van der Waals surface area contributed by atoms with Crippen molar-refractivity contribution in [2.75, 3.05) is 12.3 Å². The van der Waals surface area contributed by atoms with E-state index in [9.17, 15) is 4.79 Å². The smallest absolute Gasteiger partial charge is 0.266 e. The van der Waals surface area contributed by atoms with Crippen molar-refractivity contribution < 1.29 is 4.79 Å². The van der Waals surface area contributed by atoms with Crippen LogP contribution in [0.1, 0.15) is 35.4 Å². The van der Waals surface area contributed by atoms with E-state index in [4.69, 9.17) is 5.73 Å². The number of hydrogen-bond donors (Lipinski definition) is 1. The highest BCUT2D eigenvalue weighted by atomic mass is 32.1. The topological polar surface area (TPSA) is 46.3 Å². The largest absolute Gasteiger partial charge is 0.397 e. The zero-order valence-corrected chi connectivity index (χ0v) is 12.2. The predicted molar refractivity (Wildman–Crippen MR) is 83.0 cm³/mol. The van der Waals surface area contributed by atoms with E-state index in [1.165, 1.54) is 24.2 Å². The Morgan fingerprint density at radius 3 is 2.65 bits per heavy atom. The lowest BCUT2D eigenvalue weighted by atomic mass is 10.2. The van der Waals surface area contributed by atoms with Crippen molar-refractivity contribution in [3.05, 3.63) is 29.1 Å². The summed E-state index contributed by atoms with van der Waals surface area (Å²) in [5.74, 6) is 0.883. The highest BCUT2D eigenvalue weighted by Crippen LogP contribution is 2.39. The van der Waals surface area contributed by atoms with E-state index >= 15 is 0 Å². The van der Waals surface area contributed by atoms with Gasteiger partial charge in [0, 0.05) is 22.7 Å². The Balaban J connectivity index is 1.69. The van der Waals surface area contributed by atoms with E-state index in [2.05, 4.69) is 4.90 Å². The minimum atomic E-state index is 0.151. The van der Waals surface area contributed by atoms with Crippen molar-refractivity contribution in [2.24, 2.45) is 5.92 Å². The third kappa shape index (κ3) is 2.08. The first kappa shape index (κ1) is 12.2. The molecule has 3 nitrogen and oxygen atoms in total. The lowest BCUT2D eigenvalue weighted by molar-refractivity contribution is 0.0741. The Kier molecular flexibility index (Phi) is 2.74. The predicted octanol–water partition coefficient (Wildman–Crippen LogP) is 3.50. The minimum absolute atomic E-state index is 0.151. The molecule has 1 heterocycles. The second-order valence-corrected chi connectivity index (χ2v) is 7.03. The normalized spacial score (nSPS) is 18.4. The summed E-state index contributed by atoms with van der Waals surface area (Å²) in [7, 11) is 0. The standard InChI is InChI=1S/C16H18N2OS/c17-14-12-3-1-2-4-13(12)20-15(14)16(19)18(11-7-8-11)9-10-5-6-10/h1-4,10-11H,5-9,17H2. The van der Waals surface area contributed by atoms with Gasteiger partial charge in [0.05, 0.1) is 5.69 Å². The summed E-state index contributed by atoms with van der Waals surface area (Å²) in [6.07, 6.45) is 4.86. The third-order valence-electron chi connectivity index (χ3n) is 4.23. The van der Waals surface area contributed by atoms with E-state index in [0.29, 0.717) is 11.7 Å². The number of amides is 1. The second-order valence-electron chi connectivity index (χ2n) is 5.97. The fraction of sp³-hybridized carbons (Fsp3) is 0.438. The number of nitrogens with zero attached hydrogens (tertiary/aromatic N) is 1. The van der Waals surface area contributed by atoms with E-state index in [0.717, 1.165) is 40.3 Å². The van der Waals surface area contributed by atoms with Crippen molar-refractivity contribution in [1.29, 1.82) is 0 Å². The molecule has 104 valence electrons. The number of carbonyl (C=O) groups is 1. The number of thiophene rings is 1. The van der Waals surface area contributed by atoms with E-state index in [1.807, 2.05) is 24.3 Å². The SMILES string of the molecule is Nc1c(C(=O)N(CC2CC2)C2CC2)sc2ccccc12. The maximum atomic E-state index is 12.8. The number of anilines is 1. The highest BCUT2D eigenvalue weighted by molar-refractivity contribution is 7.21. The van der Waals surface area contributed by atoms with Gasteiger partial charge in [-0.2, -0.15) is 0 Å². The molecule has 2 aliphatic carbocycles. The number of nitrogen functional groups attached to an aromatic ring is 1. The van der Waals surface area contributed by atoms with Crippen LogP contribution in [0.4, 0.5) is 5.69 Å². The van der Waals surface area contributed by atoms with Crippen LogP contribution in [0.25, 0.3) is 10.1 Å². The van der Waals surface area contributed by atoms with Crippen LogP contribution in [0.3, 0.4) is 0 Å². The fourth-order valence-electron chi connectivity index (χ4n) is 2.72. The van der Waals surface area contributed by atoms with E-state index in [-0.39, 0.29) is 5.91 Å². The molecule has 1 aromatic heterocycles. The van der Waals surface area contributed by atoms with E-state index < -0.39 is 0 Å². The molecule has 0 unspecified atom stereocenters. The zero-order valence-electron chi connectivity index (χ0n) is 11.3. The molecule has 4 heteroatoms. The van der Waals surface area contributed by atoms with Crippen molar-refractivity contribution in [2.45, 2.75) is 31.7 Å². The summed E-state index contributed by atoms with van der Waals surface area (Å²) in [6, 6.07) is 8.47. The van der Waals surface area contributed by atoms with Gasteiger partial charge in [0.15, 0.2) is 0 Å². The molecule has 0 aliphatic heterocycles. The maximum absolute atomic E-state index is 12.8. The van der Waals surface area contributed by atoms with E-state index in [1.54, 1.807) is 0 Å². The molecule has 4 rings (SSSR count). The number of benzene rings is 1. The average molecular weight is 286 g/mol. The monoisotopic (exact) mass is 286 g/mol. The van der Waals surface area contributed by atoms with Crippen LogP contribution in [-0.2, 0) is 0 Å². The van der Waals surface area contributed by atoms with Crippen LogP contribution in [0.15, 0.2) is 24.3 Å². The lowest BCUT2D eigenvalue weighted by Crippen LogP contribution is -2.34. The average Bonchev–Trinajstić information content (AvgIpc) is 3.35. The molecule has 2 aliphatic rings. The number of fused-ring (bicyclic) bond motifs is 1. The molecule has 0 saturated heterocycles. The first-order valence-corrected chi connectivity index (χ1v) is 8.13. The number of carbonyl (C=O) groups excluding carboxylic acids is 1. The van der Waals surface area contributed by atoms with Crippen LogP contribution in [0.2, 0.25) is 0 Å². The van der Waals surface area contributed by atoms with Gasteiger partial charge in [-0.05, 0) is 37.7 Å². The summed E-state index contributed by atoms with van der Waals surface area (Å²) < 4.78 is 1.11. The molecule has 0 atom stereocenters. The summed E-state index contributed by atoms with van der Waals surface area (Å²) >= 11 is 1.54. The number of rotatable bonds is 4. The molecule has 2 fully saturated rings. The van der Waals surface area contributed by atoms with Gasteiger partial charge in [-0.3, -0.25) is 4.79 Å². The Morgan fingerprint density at radius 2 is 2.00 bits per heavy atom. The maximum Gasteiger partial charge on any atom is 0.266 e. The van der Waals surface area contributed by atoms with Crippen LogP contribution in [0.5, 0.6) is 0 Å². The van der Waals surface area contributed by atoms with Crippen LogP contribution in [-0.4, -0.2) is 23.4 Å². The first-order valence-electron chi connectivity index (χ1n) is 7.32. The second kappa shape index (κ2) is 4.48. The van der Waals surface area contributed by atoms with Gasteiger partial charge in [0.25, 0.3) is 5.91 Å². The summed E-state index contributed by atoms with van der Waals surface area (Å²) in [4.78, 5) is 15.7. The Hall–Kier alpha value is -1.55. The fourth-order valence-corrected chi connectivity index (χ4v) is 3.80.